The molecule has 0 aliphatic heterocycles. The van der Waals surface area contributed by atoms with Gasteiger partial charge in [-0.2, -0.15) is 0 Å². The molecule has 0 aliphatic carbocycles. The maximum absolute atomic E-state index is 11.0. The van der Waals surface area contributed by atoms with Gasteiger partial charge in [-0.3, -0.25) is 10.1 Å². The Morgan fingerprint density at radius 1 is 1.21 bits per heavy atom. The third-order valence-electron chi connectivity index (χ3n) is 3.28. The molecule has 0 aromatic heterocycles. The van der Waals surface area contributed by atoms with Crippen LogP contribution in [0.3, 0.4) is 0 Å². The van der Waals surface area contributed by atoms with Crippen molar-refractivity contribution in [2.45, 2.75) is 12.3 Å². The minimum absolute atomic E-state index is 0.0175. The highest BCUT2D eigenvalue weighted by molar-refractivity contribution is 7.88. The van der Waals surface area contributed by atoms with E-state index < -0.39 is 14.9 Å². The summed E-state index contributed by atoms with van der Waals surface area (Å²) >= 11 is 0. The van der Waals surface area contributed by atoms with Crippen molar-refractivity contribution in [1.82, 2.24) is 0 Å². The van der Waals surface area contributed by atoms with Gasteiger partial charge in [0.1, 0.15) is 5.75 Å². The Bertz CT molecular complexity index is 835. The summed E-state index contributed by atoms with van der Waals surface area (Å²) in [5.41, 5.74) is 1.94. The van der Waals surface area contributed by atoms with Crippen molar-refractivity contribution >= 4 is 21.4 Å². The van der Waals surface area contributed by atoms with Crippen molar-refractivity contribution in [3.63, 3.8) is 0 Å². The molecular formula is C15H17N3O5S. The Balaban J connectivity index is 2.10. The van der Waals surface area contributed by atoms with Crippen LogP contribution in [0, 0.1) is 10.1 Å². The number of nitrogens with two attached hydrogens (primary N) is 1. The van der Waals surface area contributed by atoms with E-state index in [1.807, 2.05) is 0 Å². The average Bonchev–Trinajstić information content (AvgIpc) is 2.52. The molecule has 0 saturated heterocycles. The van der Waals surface area contributed by atoms with Gasteiger partial charge in [-0.05, 0) is 23.8 Å². The normalized spacial score (nSPS) is 11.1. The maximum atomic E-state index is 11.0. The number of benzene rings is 2. The fourth-order valence-corrected chi connectivity index (χ4v) is 2.82. The quantitative estimate of drug-likeness (QED) is 0.581. The fourth-order valence-electron chi connectivity index (χ4n) is 2.17. The molecule has 8 nitrogen and oxygen atoms in total. The lowest BCUT2D eigenvalue weighted by Crippen LogP contribution is -2.14. The van der Waals surface area contributed by atoms with Crippen molar-refractivity contribution < 1.29 is 18.1 Å². The largest absolute Gasteiger partial charge is 0.496 e. The molecule has 2 rings (SSSR count). The zero-order valence-electron chi connectivity index (χ0n) is 12.9. The van der Waals surface area contributed by atoms with Gasteiger partial charge in [0.15, 0.2) is 0 Å². The van der Waals surface area contributed by atoms with Gasteiger partial charge in [0.2, 0.25) is 10.0 Å². The minimum atomic E-state index is -3.57. The van der Waals surface area contributed by atoms with E-state index in [-0.39, 0.29) is 11.4 Å². The van der Waals surface area contributed by atoms with Gasteiger partial charge >= 0.3 is 0 Å². The molecule has 9 heteroatoms. The third-order valence-corrected chi connectivity index (χ3v) is 4.02. The van der Waals surface area contributed by atoms with E-state index >= 15 is 0 Å². The molecule has 0 aliphatic rings. The Labute approximate surface area is 139 Å². The number of anilines is 1. The number of hydrogen-bond acceptors (Lipinski definition) is 6. The highest BCUT2D eigenvalue weighted by atomic mass is 32.2. The molecule has 3 N–H and O–H groups in total. The van der Waals surface area contributed by atoms with Crippen LogP contribution in [-0.4, -0.2) is 20.5 Å². The number of nitro groups is 1. The summed E-state index contributed by atoms with van der Waals surface area (Å²) in [6.07, 6.45) is 0. The molecule has 0 heterocycles. The van der Waals surface area contributed by atoms with Crippen LogP contribution in [-0.2, 0) is 22.3 Å². The summed E-state index contributed by atoms with van der Waals surface area (Å²) in [6.45, 7) is 0.319. The number of non-ortho nitro benzene ring substituents is 1. The number of sulfonamides is 1. The highest BCUT2D eigenvalue weighted by Gasteiger charge is 2.11. The van der Waals surface area contributed by atoms with E-state index in [9.17, 15) is 18.5 Å². The molecule has 0 fully saturated rings. The van der Waals surface area contributed by atoms with Crippen LogP contribution in [0.25, 0.3) is 0 Å². The smallest absolute Gasteiger partial charge is 0.270 e. The summed E-state index contributed by atoms with van der Waals surface area (Å²) in [4.78, 5) is 10.4. The first-order valence-electron chi connectivity index (χ1n) is 6.93. The second-order valence-electron chi connectivity index (χ2n) is 5.11. The lowest BCUT2D eigenvalue weighted by atomic mass is 10.1. The van der Waals surface area contributed by atoms with Gasteiger partial charge in [-0.25, -0.2) is 13.6 Å². The second-order valence-corrected chi connectivity index (χ2v) is 6.73. The van der Waals surface area contributed by atoms with Gasteiger partial charge < -0.3 is 10.1 Å². The SMILES string of the molecule is COc1ccc([N+](=O)[O-])cc1CNc1ccc(CS(N)(=O)=O)cc1. The number of hydrogen-bond donors (Lipinski definition) is 2. The molecule has 128 valence electrons. The first-order valence-corrected chi connectivity index (χ1v) is 8.64. The molecule has 0 atom stereocenters. The third kappa shape index (κ3) is 4.93. The Morgan fingerprint density at radius 2 is 1.88 bits per heavy atom. The summed E-state index contributed by atoms with van der Waals surface area (Å²) in [6, 6.07) is 11.1. The van der Waals surface area contributed by atoms with Gasteiger partial charge in [0.25, 0.3) is 5.69 Å². The summed E-state index contributed by atoms with van der Waals surface area (Å²) in [5, 5.41) is 19.0. The predicted octanol–water partition coefficient (Wildman–Crippen LogP) is 2.00. The molecule has 2 aromatic rings. The Morgan fingerprint density at radius 3 is 2.42 bits per heavy atom. The number of nitrogens with one attached hydrogen (secondary N) is 1. The van der Waals surface area contributed by atoms with Crippen molar-refractivity contribution in [1.29, 1.82) is 0 Å². The summed E-state index contributed by atoms with van der Waals surface area (Å²) in [7, 11) is -2.08. The van der Waals surface area contributed by atoms with Crippen LogP contribution in [0.1, 0.15) is 11.1 Å². The summed E-state index contributed by atoms with van der Waals surface area (Å²) in [5.74, 6) is 0.311. The molecule has 0 unspecified atom stereocenters. The summed E-state index contributed by atoms with van der Waals surface area (Å²) < 4.78 is 27.3. The van der Waals surface area contributed by atoms with Crippen LogP contribution in [0.15, 0.2) is 42.5 Å². The van der Waals surface area contributed by atoms with Crippen molar-refractivity contribution in [3.05, 3.63) is 63.7 Å². The number of primary sulfonamides is 1. The highest BCUT2D eigenvalue weighted by Crippen LogP contribution is 2.25. The van der Waals surface area contributed by atoms with Gasteiger partial charge in [-0.1, -0.05) is 12.1 Å². The molecule has 24 heavy (non-hydrogen) atoms. The number of nitro benzene ring substituents is 1. The van der Waals surface area contributed by atoms with Gasteiger partial charge in [-0.15, -0.1) is 0 Å². The Hall–Kier alpha value is -2.65. The van der Waals surface area contributed by atoms with E-state index in [1.165, 1.54) is 19.2 Å². The van der Waals surface area contributed by atoms with Crippen molar-refractivity contribution in [3.8, 4) is 5.75 Å². The molecule has 2 aromatic carbocycles. The number of ether oxygens (including phenoxy) is 1. The minimum Gasteiger partial charge on any atom is -0.496 e. The van der Waals surface area contributed by atoms with Crippen LogP contribution < -0.4 is 15.2 Å². The molecule has 0 saturated carbocycles. The van der Waals surface area contributed by atoms with E-state index in [2.05, 4.69) is 5.32 Å². The first kappa shape index (κ1) is 17.7. The fraction of sp³-hybridized carbons (Fsp3) is 0.200. The number of rotatable bonds is 7. The first-order chi connectivity index (χ1) is 11.3. The average molecular weight is 351 g/mol. The van der Waals surface area contributed by atoms with Gasteiger partial charge in [0, 0.05) is 29.9 Å². The molecule has 0 radical (unpaired) electrons. The molecular weight excluding hydrogens is 334 g/mol. The molecule has 0 amide bonds. The van der Waals surface area contributed by atoms with E-state index in [1.54, 1.807) is 30.3 Å². The standard InChI is InChI=1S/C15H17N3O5S/c1-23-15-7-6-14(18(19)20)8-12(15)9-17-13-4-2-11(3-5-13)10-24(16,21)22/h2-8,17H,9-10H2,1H3,(H2,16,21,22). The number of methoxy groups -OCH3 is 1. The zero-order chi connectivity index (χ0) is 17.7. The topological polar surface area (TPSA) is 125 Å². The van der Waals surface area contributed by atoms with Crippen LogP contribution in [0.4, 0.5) is 11.4 Å². The van der Waals surface area contributed by atoms with Crippen LogP contribution in [0.2, 0.25) is 0 Å². The Kier molecular flexibility index (Phi) is 5.37. The van der Waals surface area contributed by atoms with E-state index in [0.717, 1.165) is 5.69 Å². The van der Waals surface area contributed by atoms with Crippen molar-refractivity contribution in [2.24, 2.45) is 5.14 Å². The van der Waals surface area contributed by atoms with Crippen LogP contribution >= 0.6 is 0 Å². The van der Waals surface area contributed by atoms with E-state index in [0.29, 0.717) is 23.4 Å². The lowest BCUT2D eigenvalue weighted by molar-refractivity contribution is -0.384. The van der Waals surface area contributed by atoms with Crippen molar-refractivity contribution in [2.75, 3.05) is 12.4 Å². The van der Waals surface area contributed by atoms with Crippen LogP contribution in [0.5, 0.6) is 5.75 Å². The molecule has 0 bridgehead atoms. The zero-order valence-corrected chi connectivity index (χ0v) is 13.7. The number of nitrogens with zero attached hydrogens (tertiary/aromatic N) is 1. The monoisotopic (exact) mass is 351 g/mol. The second kappa shape index (κ2) is 7.28. The van der Waals surface area contributed by atoms with E-state index in [4.69, 9.17) is 9.88 Å². The maximum Gasteiger partial charge on any atom is 0.270 e. The molecule has 0 spiro atoms. The predicted molar refractivity (Wildman–Crippen MR) is 90.2 cm³/mol. The lowest BCUT2D eigenvalue weighted by Gasteiger charge is -2.11. The van der Waals surface area contributed by atoms with Gasteiger partial charge in [0.05, 0.1) is 17.8 Å².